The Labute approximate surface area is 151 Å². The standard InChI is InChI=1S/C19H24N4OS/c1-11-7-5-6-8-19(11,3)18-21-14-9-15(13-10-20-22-12(13)2)25-16(14)17(24)23(18)4/h9-11H,5-8H2,1-4H3,(H,20,22). The lowest BCUT2D eigenvalue weighted by molar-refractivity contribution is 0.203. The maximum atomic E-state index is 13.0. The van der Waals surface area contributed by atoms with Crippen molar-refractivity contribution in [2.45, 2.75) is 51.9 Å². The molecule has 5 nitrogen and oxygen atoms in total. The summed E-state index contributed by atoms with van der Waals surface area (Å²) in [6.45, 7) is 6.57. The Kier molecular flexibility index (Phi) is 3.83. The Bertz CT molecular complexity index is 999. The van der Waals surface area contributed by atoms with Gasteiger partial charge in [0.25, 0.3) is 5.56 Å². The van der Waals surface area contributed by atoms with E-state index >= 15 is 0 Å². The Morgan fingerprint density at radius 1 is 1.40 bits per heavy atom. The van der Waals surface area contributed by atoms with Crippen molar-refractivity contribution in [1.82, 2.24) is 19.7 Å². The number of aromatic amines is 1. The van der Waals surface area contributed by atoms with Crippen LogP contribution in [-0.4, -0.2) is 19.7 Å². The summed E-state index contributed by atoms with van der Waals surface area (Å²) in [6, 6.07) is 2.04. The number of aromatic nitrogens is 4. The van der Waals surface area contributed by atoms with Gasteiger partial charge in [0.05, 0.1) is 11.7 Å². The van der Waals surface area contributed by atoms with E-state index in [2.05, 4.69) is 24.0 Å². The van der Waals surface area contributed by atoms with E-state index in [1.807, 2.05) is 26.2 Å². The zero-order chi connectivity index (χ0) is 17.8. The molecular formula is C19H24N4OS. The molecule has 0 saturated heterocycles. The van der Waals surface area contributed by atoms with Gasteiger partial charge in [0.15, 0.2) is 0 Å². The molecule has 1 saturated carbocycles. The predicted octanol–water partition coefficient (Wildman–Crippen LogP) is 4.16. The summed E-state index contributed by atoms with van der Waals surface area (Å²) in [6.07, 6.45) is 6.59. The van der Waals surface area contributed by atoms with Crippen LogP contribution in [0.1, 0.15) is 51.0 Å². The molecule has 3 aromatic heterocycles. The largest absolute Gasteiger partial charge is 0.298 e. The molecule has 2 unspecified atom stereocenters. The van der Waals surface area contributed by atoms with Gasteiger partial charge in [0.1, 0.15) is 10.5 Å². The van der Waals surface area contributed by atoms with E-state index in [-0.39, 0.29) is 11.0 Å². The van der Waals surface area contributed by atoms with E-state index in [1.165, 1.54) is 30.6 Å². The summed E-state index contributed by atoms with van der Waals surface area (Å²) in [5.41, 5.74) is 2.91. The smallest absolute Gasteiger partial charge is 0.271 e. The third-order valence-electron chi connectivity index (χ3n) is 6.03. The maximum Gasteiger partial charge on any atom is 0.271 e. The number of fused-ring (bicyclic) bond motifs is 1. The van der Waals surface area contributed by atoms with Crippen LogP contribution in [-0.2, 0) is 12.5 Å². The zero-order valence-corrected chi connectivity index (χ0v) is 16.0. The van der Waals surface area contributed by atoms with Crippen molar-refractivity contribution in [3.8, 4) is 10.4 Å². The van der Waals surface area contributed by atoms with Crippen LogP contribution >= 0.6 is 11.3 Å². The maximum absolute atomic E-state index is 13.0. The van der Waals surface area contributed by atoms with Crippen LogP contribution < -0.4 is 5.56 Å². The van der Waals surface area contributed by atoms with Gasteiger partial charge in [-0.15, -0.1) is 11.3 Å². The van der Waals surface area contributed by atoms with Crippen LogP contribution in [0.5, 0.6) is 0 Å². The normalized spacial score (nSPS) is 24.1. The molecule has 25 heavy (non-hydrogen) atoms. The van der Waals surface area contributed by atoms with Crippen LogP contribution in [0.25, 0.3) is 20.7 Å². The highest BCUT2D eigenvalue weighted by molar-refractivity contribution is 7.22. The third kappa shape index (κ3) is 2.46. The van der Waals surface area contributed by atoms with Gasteiger partial charge in [0.2, 0.25) is 0 Å². The first-order valence-electron chi connectivity index (χ1n) is 8.93. The van der Waals surface area contributed by atoms with Gasteiger partial charge in [-0.05, 0) is 31.7 Å². The number of thiophene rings is 1. The summed E-state index contributed by atoms with van der Waals surface area (Å²) in [5, 5.41) is 7.06. The number of rotatable bonds is 2. The van der Waals surface area contributed by atoms with E-state index in [1.54, 1.807) is 4.57 Å². The molecule has 1 fully saturated rings. The molecule has 0 bridgehead atoms. The second-order valence-electron chi connectivity index (χ2n) is 7.60. The molecule has 0 radical (unpaired) electrons. The topological polar surface area (TPSA) is 63.6 Å². The van der Waals surface area contributed by atoms with Crippen LogP contribution in [0.2, 0.25) is 0 Å². The van der Waals surface area contributed by atoms with Crippen LogP contribution in [0.3, 0.4) is 0 Å². The second kappa shape index (κ2) is 5.80. The molecule has 1 N–H and O–H groups in total. The van der Waals surface area contributed by atoms with Gasteiger partial charge in [0, 0.05) is 28.6 Å². The SMILES string of the molecule is Cc1[nH]ncc1-c1cc2nc(C3(C)CCCCC3C)n(C)c(=O)c2s1. The number of hydrogen-bond acceptors (Lipinski definition) is 4. The summed E-state index contributed by atoms with van der Waals surface area (Å²) in [7, 11) is 1.87. The lowest BCUT2D eigenvalue weighted by Crippen LogP contribution is -2.39. The molecule has 0 aromatic carbocycles. The monoisotopic (exact) mass is 356 g/mol. The van der Waals surface area contributed by atoms with Crippen molar-refractivity contribution in [1.29, 1.82) is 0 Å². The fraction of sp³-hybridized carbons (Fsp3) is 0.526. The van der Waals surface area contributed by atoms with E-state index in [0.29, 0.717) is 5.92 Å². The minimum absolute atomic E-state index is 0.0337. The molecule has 3 aromatic rings. The van der Waals surface area contributed by atoms with Crippen molar-refractivity contribution in [3.63, 3.8) is 0 Å². The molecule has 0 aliphatic heterocycles. The Morgan fingerprint density at radius 3 is 2.88 bits per heavy atom. The summed E-state index contributed by atoms with van der Waals surface area (Å²) < 4.78 is 2.51. The van der Waals surface area contributed by atoms with Crippen molar-refractivity contribution < 1.29 is 0 Å². The molecule has 1 aliphatic rings. The quantitative estimate of drug-likeness (QED) is 0.750. The van der Waals surface area contributed by atoms with Crippen LogP contribution in [0.15, 0.2) is 17.1 Å². The van der Waals surface area contributed by atoms with Crippen molar-refractivity contribution >= 4 is 21.6 Å². The summed E-state index contributed by atoms with van der Waals surface area (Å²) >= 11 is 1.51. The number of nitrogens with zero attached hydrogens (tertiary/aromatic N) is 3. The molecule has 0 amide bonds. The van der Waals surface area contributed by atoms with Crippen LogP contribution in [0.4, 0.5) is 0 Å². The number of H-pyrrole nitrogens is 1. The van der Waals surface area contributed by atoms with Gasteiger partial charge in [-0.25, -0.2) is 4.98 Å². The van der Waals surface area contributed by atoms with E-state index in [4.69, 9.17) is 4.98 Å². The Morgan fingerprint density at radius 2 is 2.20 bits per heavy atom. The highest BCUT2D eigenvalue weighted by Crippen LogP contribution is 2.43. The first kappa shape index (κ1) is 16.5. The predicted molar refractivity (Wildman–Crippen MR) is 102 cm³/mol. The molecule has 0 spiro atoms. The molecule has 6 heteroatoms. The molecular weight excluding hydrogens is 332 g/mol. The minimum atomic E-state index is -0.0337. The highest BCUT2D eigenvalue weighted by atomic mass is 32.1. The summed E-state index contributed by atoms with van der Waals surface area (Å²) in [4.78, 5) is 19.0. The Balaban J connectivity index is 1.92. The number of aryl methyl sites for hydroxylation is 1. The Hall–Kier alpha value is -1.95. The first-order chi connectivity index (χ1) is 11.9. The first-order valence-corrected chi connectivity index (χ1v) is 9.75. The second-order valence-corrected chi connectivity index (χ2v) is 8.65. The van der Waals surface area contributed by atoms with E-state index in [9.17, 15) is 4.79 Å². The lowest BCUT2D eigenvalue weighted by atomic mass is 9.67. The zero-order valence-electron chi connectivity index (χ0n) is 15.2. The van der Waals surface area contributed by atoms with E-state index in [0.717, 1.165) is 38.6 Å². The molecule has 2 atom stereocenters. The molecule has 132 valence electrons. The average molecular weight is 356 g/mol. The van der Waals surface area contributed by atoms with Crippen molar-refractivity contribution in [2.24, 2.45) is 13.0 Å². The van der Waals surface area contributed by atoms with Gasteiger partial charge >= 0.3 is 0 Å². The number of nitrogens with one attached hydrogen (secondary N) is 1. The number of hydrogen-bond donors (Lipinski definition) is 1. The molecule has 1 aliphatic carbocycles. The van der Waals surface area contributed by atoms with Gasteiger partial charge in [-0.1, -0.05) is 26.7 Å². The van der Waals surface area contributed by atoms with Gasteiger partial charge in [-0.3, -0.25) is 14.5 Å². The third-order valence-corrected chi connectivity index (χ3v) is 7.18. The summed E-state index contributed by atoms with van der Waals surface area (Å²) in [5.74, 6) is 1.47. The molecule has 3 heterocycles. The molecule has 4 rings (SSSR count). The fourth-order valence-electron chi connectivity index (χ4n) is 4.14. The van der Waals surface area contributed by atoms with Gasteiger partial charge < -0.3 is 0 Å². The van der Waals surface area contributed by atoms with Crippen LogP contribution in [0, 0.1) is 12.8 Å². The highest BCUT2D eigenvalue weighted by Gasteiger charge is 2.39. The lowest BCUT2D eigenvalue weighted by Gasteiger charge is -2.39. The van der Waals surface area contributed by atoms with E-state index < -0.39 is 0 Å². The average Bonchev–Trinajstić information content (AvgIpc) is 3.19. The minimum Gasteiger partial charge on any atom is -0.298 e. The van der Waals surface area contributed by atoms with Crippen molar-refractivity contribution in [2.75, 3.05) is 0 Å². The van der Waals surface area contributed by atoms with Gasteiger partial charge in [-0.2, -0.15) is 5.10 Å². The van der Waals surface area contributed by atoms with Crippen molar-refractivity contribution in [3.05, 3.63) is 34.1 Å². The fourth-order valence-corrected chi connectivity index (χ4v) is 5.28.